The normalized spacial score (nSPS) is 10.4. The second-order valence-corrected chi connectivity index (χ2v) is 6.15. The highest BCUT2D eigenvalue weighted by Gasteiger charge is 2.21. The minimum absolute atomic E-state index is 0.175. The van der Waals surface area contributed by atoms with Gasteiger partial charge in [-0.1, -0.05) is 12.1 Å². The topological polar surface area (TPSA) is 120 Å². The van der Waals surface area contributed by atoms with Crippen molar-refractivity contribution in [1.29, 1.82) is 0 Å². The van der Waals surface area contributed by atoms with E-state index in [2.05, 4.69) is 14.8 Å². The Kier molecular flexibility index (Phi) is 5.63. The van der Waals surface area contributed by atoms with Crippen molar-refractivity contribution in [3.63, 3.8) is 0 Å². The molecule has 1 aromatic heterocycles. The van der Waals surface area contributed by atoms with Gasteiger partial charge in [0.25, 0.3) is 11.6 Å². The Bertz CT molecular complexity index is 1050. The molecule has 0 spiro atoms. The van der Waals surface area contributed by atoms with Crippen LogP contribution in [0.25, 0.3) is 5.69 Å². The summed E-state index contributed by atoms with van der Waals surface area (Å²) in [7, 11) is 2.89. The quantitative estimate of drug-likeness (QED) is 0.356. The van der Waals surface area contributed by atoms with E-state index in [1.165, 1.54) is 47.5 Å². The van der Waals surface area contributed by atoms with Gasteiger partial charge in [0.15, 0.2) is 0 Å². The first-order valence-corrected chi connectivity index (χ1v) is 8.47. The number of benzene rings is 2. The van der Waals surface area contributed by atoms with Crippen molar-refractivity contribution in [3.05, 3.63) is 81.9 Å². The molecular formula is C19H17N5O5. The van der Waals surface area contributed by atoms with Crippen LogP contribution in [0.5, 0.6) is 0 Å². The molecule has 29 heavy (non-hydrogen) atoms. The first-order valence-electron chi connectivity index (χ1n) is 8.47. The second-order valence-electron chi connectivity index (χ2n) is 6.15. The Morgan fingerprint density at radius 3 is 2.45 bits per heavy atom. The van der Waals surface area contributed by atoms with Crippen LogP contribution in [0, 0.1) is 10.1 Å². The predicted octanol–water partition coefficient (Wildman–Crippen LogP) is 2.23. The van der Waals surface area contributed by atoms with E-state index >= 15 is 0 Å². The van der Waals surface area contributed by atoms with E-state index in [9.17, 15) is 19.7 Å². The first kappa shape index (κ1) is 19.7. The smallest absolute Gasteiger partial charge is 0.337 e. The van der Waals surface area contributed by atoms with Gasteiger partial charge in [-0.15, -0.1) is 0 Å². The molecule has 0 fully saturated rings. The molecule has 3 rings (SSSR count). The summed E-state index contributed by atoms with van der Waals surface area (Å²) in [4.78, 5) is 40.3. The molecule has 2 aromatic carbocycles. The average Bonchev–Trinajstić information content (AvgIpc) is 3.27. The largest absolute Gasteiger partial charge is 0.465 e. The van der Waals surface area contributed by atoms with Crippen LogP contribution in [0.15, 0.2) is 55.1 Å². The number of methoxy groups -OCH3 is 1. The molecule has 0 N–H and O–H groups in total. The molecule has 0 aliphatic carbocycles. The number of nitro benzene ring substituents is 1. The van der Waals surface area contributed by atoms with Gasteiger partial charge in [-0.05, 0) is 29.8 Å². The van der Waals surface area contributed by atoms with Crippen molar-refractivity contribution in [1.82, 2.24) is 19.7 Å². The first-order chi connectivity index (χ1) is 13.9. The fraction of sp³-hybridized carbons (Fsp3) is 0.158. The molecule has 1 heterocycles. The number of ether oxygens (including phenoxy) is 1. The molecule has 0 saturated carbocycles. The number of rotatable bonds is 6. The van der Waals surface area contributed by atoms with E-state index in [1.54, 1.807) is 31.3 Å². The maximum Gasteiger partial charge on any atom is 0.337 e. The van der Waals surface area contributed by atoms with Gasteiger partial charge in [0.1, 0.15) is 18.3 Å². The van der Waals surface area contributed by atoms with E-state index in [0.717, 1.165) is 5.56 Å². The Morgan fingerprint density at radius 1 is 1.17 bits per heavy atom. The lowest BCUT2D eigenvalue weighted by Gasteiger charge is -2.18. The van der Waals surface area contributed by atoms with Crippen molar-refractivity contribution in [2.24, 2.45) is 0 Å². The van der Waals surface area contributed by atoms with Gasteiger partial charge in [0.2, 0.25) is 0 Å². The molecule has 0 aliphatic heterocycles. The Morgan fingerprint density at radius 2 is 1.86 bits per heavy atom. The van der Waals surface area contributed by atoms with Crippen molar-refractivity contribution < 1.29 is 19.2 Å². The highest BCUT2D eigenvalue weighted by atomic mass is 16.6. The van der Waals surface area contributed by atoms with Gasteiger partial charge < -0.3 is 9.64 Å². The summed E-state index contributed by atoms with van der Waals surface area (Å²) >= 11 is 0. The Hall–Kier alpha value is -4.08. The monoisotopic (exact) mass is 395 g/mol. The number of hydrogen-bond acceptors (Lipinski definition) is 7. The molecule has 3 aromatic rings. The van der Waals surface area contributed by atoms with Gasteiger partial charge in [-0.2, -0.15) is 5.10 Å². The number of carbonyl (C=O) groups excluding carboxylic acids is 2. The van der Waals surface area contributed by atoms with E-state index in [4.69, 9.17) is 0 Å². The van der Waals surface area contributed by atoms with E-state index in [1.807, 2.05) is 0 Å². The van der Waals surface area contributed by atoms with Gasteiger partial charge in [0, 0.05) is 25.2 Å². The van der Waals surface area contributed by atoms with Crippen molar-refractivity contribution in [3.8, 4) is 5.69 Å². The number of carbonyl (C=O) groups is 2. The number of aromatic nitrogens is 3. The molecule has 0 aliphatic rings. The highest BCUT2D eigenvalue weighted by Crippen LogP contribution is 2.24. The summed E-state index contributed by atoms with van der Waals surface area (Å²) in [6.07, 6.45) is 2.61. The van der Waals surface area contributed by atoms with Crippen LogP contribution in [-0.2, 0) is 11.3 Å². The molecule has 10 heteroatoms. The van der Waals surface area contributed by atoms with Gasteiger partial charge in [-0.25, -0.2) is 14.5 Å². The maximum absolute atomic E-state index is 12.7. The van der Waals surface area contributed by atoms with Crippen LogP contribution in [0.2, 0.25) is 0 Å². The number of nitrogens with zero attached hydrogens (tertiary/aromatic N) is 5. The molecule has 10 nitrogen and oxygen atoms in total. The van der Waals surface area contributed by atoms with E-state index in [0.29, 0.717) is 5.56 Å². The van der Waals surface area contributed by atoms with Crippen molar-refractivity contribution in [2.45, 2.75) is 6.54 Å². The Balaban J connectivity index is 1.79. The van der Waals surface area contributed by atoms with Crippen LogP contribution in [-0.4, -0.2) is 50.6 Å². The van der Waals surface area contributed by atoms with Crippen LogP contribution in [0.4, 0.5) is 5.69 Å². The van der Waals surface area contributed by atoms with Gasteiger partial charge in [0.05, 0.1) is 17.6 Å². The summed E-state index contributed by atoms with van der Waals surface area (Å²) in [6.45, 7) is 0.263. The van der Waals surface area contributed by atoms with E-state index < -0.39 is 10.9 Å². The standard InChI is InChI=1S/C19H17N5O5/c1-22(10-13-3-5-14(6-4-13)19(26)29-2)18(25)15-7-8-16(17(9-15)24(27)28)23-12-20-11-21-23/h3-9,11-12H,10H2,1-2H3. The van der Waals surface area contributed by atoms with Gasteiger partial charge >= 0.3 is 5.97 Å². The fourth-order valence-corrected chi connectivity index (χ4v) is 2.76. The summed E-state index contributed by atoms with van der Waals surface area (Å²) in [6, 6.07) is 10.8. The molecule has 148 valence electrons. The molecule has 0 unspecified atom stereocenters. The van der Waals surface area contributed by atoms with Crippen LogP contribution in [0.3, 0.4) is 0 Å². The SMILES string of the molecule is COC(=O)c1ccc(CN(C)C(=O)c2ccc(-n3cncn3)c([N+](=O)[O-])c2)cc1. The summed E-state index contributed by atoms with van der Waals surface area (Å²) in [5.41, 5.74) is 1.34. The summed E-state index contributed by atoms with van der Waals surface area (Å²) in [5, 5.41) is 15.3. The minimum Gasteiger partial charge on any atom is -0.465 e. The summed E-state index contributed by atoms with van der Waals surface area (Å²) in [5.74, 6) is -0.823. The van der Waals surface area contributed by atoms with E-state index in [-0.39, 0.29) is 29.4 Å². The maximum atomic E-state index is 12.7. The lowest BCUT2D eigenvalue weighted by Crippen LogP contribution is -2.26. The lowest BCUT2D eigenvalue weighted by molar-refractivity contribution is -0.384. The van der Waals surface area contributed by atoms with Gasteiger partial charge in [-0.3, -0.25) is 14.9 Å². The molecule has 0 bridgehead atoms. The minimum atomic E-state index is -0.570. The summed E-state index contributed by atoms with van der Waals surface area (Å²) < 4.78 is 5.91. The van der Waals surface area contributed by atoms with Crippen LogP contribution in [0.1, 0.15) is 26.3 Å². The molecule has 1 amide bonds. The number of amides is 1. The number of nitro groups is 1. The predicted molar refractivity (Wildman–Crippen MR) is 102 cm³/mol. The zero-order valence-electron chi connectivity index (χ0n) is 15.7. The third-order valence-electron chi connectivity index (χ3n) is 4.23. The number of hydrogen-bond donors (Lipinski definition) is 0. The molecule has 0 atom stereocenters. The highest BCUT2D eigenvalue weighted by molar-refractivity contribution is 5.95. The second kappa shape index (κ2) is 8.30. The molecule has 0 saturated heterocycles. The third kappa shape index (κ3) is 4.26. The van der Waals surface area contributed by atoms with Crippen molar-refractivity contribution >= 4 is 17.6 Å². The third-order valence-corrected chi connectivity index (χ3v) is 4.23. The van der Waals surface area contributed by atoms with Crippen LogP contribution < -0.4 is 0 Å². The average molecular weight is 395 g/mol. The Labute approximate surface area is 165 Å². The number of esters is 1. The molecular weight excluding hydrogens is 378 g/mol. The van der Waals surface area contributed by atoms with Crippen molar-refractivity contribution in [2.75, 3.05) is 14.2 Å². The lowest BCUT2D eigenvalue weighted by atomic mass is 10.1. The van der Waals surface area contributed by atoms with Crippen LogP contribution >= 0.6 is 0 Å². The zero-order valence-corrected chi connectivity index (χ0v) is 15.7. The fourth-order valence-electron chi connectivity index (χ4n) is 2.76. The molecule has 0 radical (unpaired) electrons. The zero-order chi connectivity index (χ0) is 21.0.